The Morgan fingerprint density at radius 3 is 2.24 bits per heavy atom. The smallest absolute Gasteiger partial charge is 0.0430 e. The van der Waals surface area contributed by atoms with E-state index in [1.54, 1.807) is 11.3 Å². The third-order valence-corrected chi connectivity index (χ3v) is 4.15. The maximum Gasteiger partial charge on any atom is 0.0430 e. The summed E-state index contributed by atoms with van der Waals surface area (Å²) in [5.41, 5.74) is 8.93. The van der Waals surface area contributed by atoms with Crippen LogP contribution in [-0.4, -0.2) is 0 Å². The molecule has 2 rings (SSSR count). The SMILES string of the molecule is CCc1ccc(CC(N)c2ccc(C)s2)cc1. The van der Waals surface area contributed by atoms with Gasteiger partial charge >= 0.3 is 0 Å². The number of aryl methyl sites for hydroxylation is 2. The Morgan fingerprint density at radius 2 is 1.71 bits per heavy atom. The number of rotatable bonds is 4. The van der Waals surface area contributed by atoms with Gasteiger partial charge in [-0.3, -0.25) is 0 Å². The minimum absolute atomic E-state index is 0.126. The van der Waals surface area contributed by atoms with Gasteiger partial charge in [-0.05, 0) is 43.0 Å². The Hall–Kier alpha value is -1.12. The third-order valence-electron chi connectivity index (χ3n) is 3.01. The van der Waals surface area contributed by atoms with Crippen molar-refractivity contribution < 1.29 is 0 Å². The maximum atomic E-state index is 6.22. The molecule has 0 amide bonds. The highest BCUT2D eigenvalue weighted by molar-refractivity contribution is 7.12. The lowest BCUT2D eigenvalue weighted by atomic mass is 10.0. The normalized spacial score (nSPS) is 12.6. The molecule has 1 unspecified atom stereocenters. The Kier molecular flexibility index (Phi) is 3.97. The Balaban J connectivity index is 2.04. The average molecular weight is 245 g/mol. The molecular weight excluding hydrogens is 226 g/mol. The van der Waals surface area contributed by atoms with Gasteiger partial charge in [0.15, 0.2) is 0 Å². The molecule has 90 valence electrons. The second kappa shape index (κ2) is 5.48. The number of hydrogen-bond acceptors (Lipinski definition) is 2. The van der Waals surface area contributed by atoms with E-state index in [2.05, 4.69) is 50.2 Å². The van der Waals surface area contributed by atoms with Crippen molar-refractivity contribution in [2.24, 2.45) is 5.73 Å². The standard InChI is InChI=1S/C15H19NS/c1-3-12-5-7-13(8-6-12)10-14(16)15-9-4-11(2)17-15/h4-9,14H,3,10,16H2,1-2H3. The first-order valence-corrected chi connectivity index (χ1v) is 6.90. The van der Waals surface area contributed by atoms with Gasteiger partial charge in [0.25, 0.3) is 0 Å². The number of thiophene rings is 1. The van der Waals surface area contributed by atoms with Crippen molar-refractivity contribution in [2.45, 2.75) is 32.7 Å². The van der Waals surface area contributed by atoms with Gasteiger partial charge in [-0.25, -0.2) is 0 Å². The van der Waals surface area contributed by atoms with Gasteiger partial charge in [0, 0.05) is 15.8 Å². The zero-order valence-corrected chi connectivity index (χ0v) is 11.3. The largest absolute Gasteiger partial charge is 0.323 e. The fourth-order valence-electron chi connectivity index (χ4n) is 1.92. The summed E-state index contributed by atoms with van der Waals surface area (Å²) >= 11 is 1.80. The van der Waals surface area contributed by atoms with Gasteiger partial charge in [-0.1, -0.05) is 31.2 Å². The van der Waals surface area contributed by atoms with Gasteiger partial charge in [0.1, 0.15) is 0 Å². The van der Waals surface area contributed by atoms with E-state index >= 15 is 0 Å². The van der Waals surface area contributed by atoms with Crippen molar-refractivity contribution >= 4 is 11.3 Å². The van der Waals surface area contributed by atoms with Crippen LogP contribution >= 0.6 is 11.3 Å². The fraction of sp³-hybridized carbons (Fsp3) is 0.333. The topological polar surface area (TPSA) is 26.0 Å². The summed E-state index contributed by atoms with van der Waals surface area (Å²) in [6, 6.07) is 13.2. The lowest BCUT2D eigenvalue weighted by molar-refractivity contribution is 0.736. The minimum Gasteiger partial charge on any atom is -0.323 e. The Bertz CT molecular complexity index is 470. The van der Waals surface area contributed by atoms with Crippen molar-refractivity contribution in [3.8, 4) is 0 Å². The first kappa shape index (κ1) is 12.3. The van der Waals surface area contributed by atoms with Crippen molar-refractivity contribution in [3.63, 3.8) is 0 Å². The van der Waals surface area contributed by atoms with Gasteiger partial charge in [0.05, 0.1) is 0 Å². The second-order valence-corrected chi connectivity index (χ2v) is 5.75. The lowest BCUT2D eigenvalue weighted by Gasteiger charge is -2.10. The maximum absolute atomic E-state index is 6.22. The predicted molar refractivity (Wildman–Crippen MR) is 75.5 cm³/mol. The predicted octanol–water partition coefficient (Wildman–Crippen LogP) is 3.86. The molecule has 0 radical (unpaired) electrons. The molecule has 2 heteroatoms. The molecule has 17 heavy (non-hydrogen) atoms. The van der Waals surface area contributed by atoms with Crippen LogP contribution < -0.4 is 5.73 Å². The molecule has 0 saturated carbocycles. The summed E-state index contributed by atoms with van der Waals surface area (Å²) in [7, 11) is 0. The molecule has 0 saturated heterocycles. The van der Waals surface area contributed by atoms with Gasteiger partial charge in [-0.2, -0.15) is 0 Å². The van der Waals surface area contributed by atoms with Crippen LogP contribution in [0.1, 0.15) is 33.8 Å². The van der Waals surface area contributed by atoms with Crippen LogP contribution in [0.15, 0.2) is 36.4 Å². The molecule has 2 N–H and O–H groups in total. The molecule has 0 aliphatic rings. The minimum atomic E-state index is 0.126. The van der Waals surface area contributed by atoms with Crippen LogP contribution in [0.2, 0.25) is 0 Å². The zero-order chi connectivity index (χ0) is 12.3. The van der Waals surface area contributed by atoms with Gasteiger partial charge < -0.3 is 5.73 Å². The van der Waals surface area contributed by atoms with Crippen LogP contribution in [0.3, 0.4) is 0 Å². The molecular formula is C15H19NS. The highest BCUT2D eigenvalue weighted by Crippen LogP contribution is 2.23. The van der Waals surface area contributed by atoms with Crippen LogP contribution in [0.5, 0.6) is 0 Å². The molecule has 0 bridgehead atoms. The molecule has 0 fully saturated rings. The molecule has 0 aliphatic heterocycles. The van der Waals surface area contributed by atoms with Crippen LogP contribution in [-0.2, 0) is 12.8 Å². The molecule has 2 aromatic rings. The number of hydrogen-bond donors (Lipinski definition) is 1. The van der Waals surface area contributed by atoms with Crippen LogP contribution in [0.4, 0.5) is 0 Å². The van der Waals surface area contributed by atoms with Crippen molar-refractivity contribution in [3.05, 3.63) is 57.3 Å². The first-order valence-electron chi connectivity index (χ1n) is 6.08. The van der Waals surface area contributed by atoms with Crippen LogP contribution in [0.25, 0.3) is 0 Å². The summed E-state index contributed by atoms with van der Waals surface area (Å²) in [6.07, 6.45) is 2.01. The van der Waals surface area contributed by atoms with E-state index in [9.17, 15) is 0 Å². The summed E-state index contributed by atoms with van der Waals surface area (Å²) < 4.78 is 0. The zero-order valence-electron chi connectivity index (χ0n) is 10.4. The number of benzene rings is 1. The van der Waals surface area contributed by atoms with E-state index < -0.39 is 0 Å². The molecule has 0 spiro atoms. The quantitative estimate of drug-likeness (QED) is 0.869. The summed E-state index contributed by atoms with van der Waals surface area (Å²) in [6.45, 7) is 4.30. The molecule has 1 aromatic heterocycles. The Morgan fingerprint density at radius 1 is 1.06 bits per heavy atom. The summed E-state index contributed by atoms with van der Waals surface area (Å²) in [5.74, 6) is 0. The highest BCUT2D eigenvalue weighted by atomic mass is 32.1. The van der Waals surface area contributed by atoms with E-state index in [0.717, 1.165) is 12.8 Å². The molecule has 0 aliphatic carbocycles. The monoisotopic (exact) mass is 245 g/mol. The summed E-state index contributed by atoms with van der Waals surface area (Å²) in [4.78, 5) is 2.61. The molecule has 1 aromatic carbocycles. The third kappa shape index (κ3) is 3.18. The average Bonchev–Trinajstić information content (AvgIpc) is 2.77. The van der Waals surface area contributed by atoms with Crippen molar-refractivity contribution in [2.75, 3.05) is 0 Å². The first-order chi connectivity index (χ1) is 8.19. The highest BCUT2D eigenvalue weighted by Gasteiger charge is 2.08. The molecule has 1 atom stereocenters. The fourth-order valence-corrected chi connectivity index (χ4v) is 2.80. The van der Waals surface area contributed by atoms with E-state index in [1.807, 2.05) is 0 Å². The van der Waals surface area contributed by atoms with E-state index in [1.165, 1.54) is 20.9 Å². The Labute approximate surface area is 107 Å². The number of nitrogens with two attached hydrogens (primary N) is 1. The molecule has 1 nitrogen and oxygen atoms in total. The van der Waals surface area contributed by atoms with E-state index in [0.29, 0.717) is 0 Å². The van der Waals surface area contributed by atoms with E-state index in [4.69, 9.17) is 5.73 Å². The van der Waals surface area contributed by atoms with Gasteiger partial charge in [-0.15, -0.1) is 11.3 Å². The van der Waals surface area contributed by atoms with E-state index in [-0.39, 0.29) is 6.04 Å². The second-order valence-electron chi connectivity index (χ2n) is 4.43. The lowest BCUT2D eigenvalue weighted by Crippen LogP contribution is -2.11. The van der Waals surface area contributed by atoms with Gasteiger partial charge in [0.2, 0.25) is 0 Å². The summed E-state index contributed by atoms with van der Waals surface area (Å²) in [5, 5.41) is 0. The van der Waals surface area contributed by atoms with Crippen molar-refractivity contribution in [1.82, 2.24) is 0 Å². The van der Waals surface area contributed by atoms with Crippen molar-refractivity contribution in [1.29, 1.82) is 0 Å². The van der Waals surface area contributed by atoms with Crippen LogP contribution in [0, 0.1) is 6.92 Å². The molecule has 1 heterocycles.